The number of nitrogens with one attached hydrogen (secondary N) is 1. The minimum Gasteiger partial charge on any atom is -0.309 e. The normalized spacial score (nSPS) is 16.1. The van der Waals surface area contributed by atoms with Crippen molar-refractivity contribution in [2.75, 3.05) is 6.54 Å². The SMILES string of the molecule is CCCCC(CC)CC(F)CNC(C)(C)C. The molecule has 0 aromatic carbocycles. The average molecular weight is 231 g/mol. The van der Waals surface area contributed by atoms with Crippen molar-refractivity contribution < 1.29 is 4.39 Å². The largest absolute Gasteiger partial charge is 0.309 e. The first-order chi connectivity index (χ1) is 7.39. The first-order valence-corrected chi connectivity index (χ1v) is 6.78. The Morgan fingerprint density at radius 3 is 2.25 bits per heavy atom. The quantitative estimate of drug-likeness (QED) is 0.656. The fraction of sp³-hybridized carbons (Fsp3) is 1.00. The van der Waals surface area contributed by atoms with Crippen LogP contribution in [0.25, 0.3) is 0 Å². The van der Waals surface area contributed by atoms with Crippen LogP contribution >= 0.6 is 0 Å². The summed E-state index contributed by atoms with van der Waals surface area (Å²) < 4.78 is 13.7. The Kier molecular flexibility index (Phi) is 8.00. The lowest BCUT2D eigenvalue weighted by Crippen LogP contribution is -2.40. The van der Waals surface area contributed by atoms with E-state index in [1.807, 2.05) is 0 Å². The molecule has 0 heterocycles. The zero-order valence-electron chi connectivity index (χ0n) is 11.8. The van der Waals surface area contributed by atoms with Gasteiger partial charge in [-0.25, -0.2) is 4.39 Å². The van der Waals surface area contributed by atoms with E-state index in [1.165, 1.54) is 19.3 Å². The van der Waals surface area contributed by atoms with Gasteiger partial charge in [0.15, 0.2) is 0 Å². The predicted molar refractivity (Wildman–Crippen MR) is 70.6 cm³/mol. The molecule has 0 bridgehead atoms. The lowest BCUT2D eigenvalue weighted by atomic mass is 9.93. The van der Waals surface area contributed by atoms with E-state index in [9.17, 15) is 4.39 Å². The van der Waals surface area contributed by atoms with Crippen LogP contribution in [0.15, 0.2) is 0 Å². The molecule has 2 unspecified atom stereocenters. The van der Waals surface area contributed by atoms with E-state index in [1.54, 1.807) is 0 Å². The zero-order valence-corrected chi connectivity index (χ0v) is 11.8. The maximum Gasteiger partial charge on any atom is 0.113 e. The second kappa shape index (κ2) is 8.05. The molecule has 0 aliphatic rings. The number of hydrogen-bond acceptors (Lipinski definition) is 1. The van der Waals surface area contributed by atoms with Gasteiger partial charge in [-0.2, -0.15) is 0 Å². The van der Waals surface area contributed by atoms with Gasteiger partial charge in [0.25, 0.3) is 0 Å². The van der Waals surface area contributed by atoms with Gasteiger partial charge in [0.1, 0.15) is 6.17 Å². The van der Waals surface area contributed by atoms with Crippen LogP contribution < -0.4 is 5.32 Å². The Bertz CT molecular complexity index is 163. The minimum atomic E-state index is -0.693. The summed E-state index contributed by atoms with van der Waals surface area (Å²) in [4.78, 5) is 0. The van der Waals surface area contributed by atoms with Crippen LogP contribution in [0.3, 0.4) is 0 Å². The van der Waals surface area contributed by atoms with Crippen molar-refractivity contribution in [3.05, 3.63) is 0 Å². The molecule has 0 aromatic heterocycles. The predicted octanol–water partition coefficient (Wildman–Crippen LogP) is 4.32. The summed E-state index contributed by atoms with van der Waals surface area (Å²) in [7, 11) is 0. The van der Waals surface area contributed by atoms with Crippen LogP contribution in [0.4, 0.5) is 4.39 Å². The molecule has 0 amide bonds. The van der Waals surface area contributed by atoms with Gasteiger partial charge >= 0.3 is 0 Å². The fourth-order valence-electron chi connectivity index (χ4n) is 1.84. The molecule has 0 radical (unpaired) electrons. The third kappa shape index (κ3) is 9.14. The molecule has 0 saturated heterocycles. The van der Waals surface area contributed by atoms with Crippen molar-refractivity contribution in [3.8, 4) is 0 Å². The van der Waals surface area contributed by atoms with E-state index < -0.39 is 6.17 Å². The molecule has 1 nitrogen and oxygen atoms in total. The van der Waals surface area contributed by atoms with Crippen molar-refractivity contribution in [1.29, 1.82) is 0 Å². The van der Waals surface area contributed by atoms with Gasteiger partial charge in [-0.1, -0.05) is 39.5 Å². The number of alkyl halides is 1. The first kappa shape index (κ1) is 15.9. The van der Waals surface area contributed by atoms with E-state index in [0.29, 0.717) is 12.5 Å². The molecule has 0 aromatic rings. The van der Waals surface area contributed by atoms with Crippen molar-refractivity contribution in [2.45, 2.75) is 78.4 Å². The summed E-state index contributed by atoms with van der Waals surface area (Å²) in [6.07, 6.45) is 4.77. The van der Waals surface area contributed by atoms with Gasteiger partial charge in [-0.15, -0.1) is 0 Å². The van der Waals surface area contributed by atoms with Crippen LogP contribution in [0, 0.1) is 5.92 Å². The number of hydrogen-bond donors (Lipinski definition) is 1. The highest BCUT2D eigenvalue weighted by Crippen LogP contribution is 2.20. The summed E-state index contributed by atoms with van der Waals surface area (Å²) >= 11 is 0. The van der Waals surface area contributed by atoms with Crippen LogP contribution in [0.2, 0.25) is 0 Å². The van der Waals surface area contributed by atoms with E-state index in [-0.39, 0.29) is 5.54 Å². The maximum absolute atomic E-state index is 13.7. The average Bonchev–Trinajstić information content (AvgIpc) is 2.20. The number of halogens is 1. The lowest BCUT2D eigenvalue weighted by Gasteiger charge is -2.24. The Hall–Kier alpha value is -0.110. The summed E-state index contributed by atoms with van der Waals surface area (Å²) in [6, 6.07) is 0. The van der Waals surface area contributed by atoms with E-state index in [4.69, 9.17) is 0 Å². The maximum atomic E-state index is 13.7. The van der Waals surface area contributed by atoms with Crippen molar-refractivity contribution in [3.63, 3.8) is 0 Å². The van der Waals surface area contributed by atoms with Crippen LogP contribution in [0.1, 0.15) is 66.7 Å². The molecule has 0 saturated carbocycles. The monoisotopic (exact) mass is 231 g/mol. The van der Waals surface area contributed by atoms with Gasteiger partial charge in [0.2, 0.25) is 0 Å². The van der Waals surface area contributed by atoms with Crippen molar-refractivity contribution in [1.82, 2.24) is 5.32 Å². The smallest absolute Gasteiger partial charge is 0.113 e. The highest BCUT2D eigenvalue weighted by atomic mass is 19.1. The molecule has 2 atom stereocenters. The summed E-state index contributed by atoms with van der Waals surface area (Å²) in [5, 5.41) is 3.23. The Morgan fingerprint density at radius 1 is 1.19 bits per heavy atom. The van der Waals surface area contributed by atoms with Gasteiger partial charge in [-0.05, 0) is 33.1 Å². The van der Waals surface area contributed by atoms with Gasteiger partial charge < -0.3 is 5.32 Å². The van der Waals surface area contributed by atoms with Crippen LogP contribution in [0.5, 0.6) is 0 Å². The topological polar surface area (TPSA) is 12.0 Å². The third-order valence-corrected chi connectivity index (χ3v) is 2.99. The van der Waals surface area contributed by atoms with Crippen molar-refractivity contribution >= 4 is 0 Å². The molecule has 0 fully saturated rings. The highest BCUT2D eigenvalue weighted by Gasteiger charge is 2.17. The fourth-order valence-corrected chi connectivity index (χ4v) is 1.84. The molecule has 2 heteroatoms. The van der Waals surface area contributed by atoms with E-state index in [2.05, 4.69) is 39.9 Å². The molecule has 0 aliphatic carbocycles. The van der Waals surface area contributed by atoms with Crippen LogP contribution in [-0.2, 0) is 0 Å². The summed E-state index contributed by atoms with van der Waals surface area (Å²) in [6.45, 7) is 11.1. The summed E-state index contributed by atoms with van der Waals surface area (Å²) in [5.74, 6) is 0.566. The third-order valence-electron chi connectivity index (χ3n) is 2.99. The summed E-state index contributed by atoms with van der Waals surface area (Å²) in [5.41, 5.74) is 0.0233. The van der Waals surface area contributed by atoms with E-state index >= 15 is 0 Å². The Balaban J connectivity index is 3.77. The van der Waals surface area contributed by atoms with E-state index in [0.717, 1.165) is 12.8 Å². The second-order valence-electron chi connectivity index (χ2n) is 5.88. The van der Waals surface area contributed by atoms with Gasteiger partial charge in [0.05, 0.1) is 0 Å². The number of rotatable bonds is 8. The number of unbranched alkanes of at least 4 members (excludes halogenated alkanes) is 1. The van der Waals surface area contributed by atoms with Gasteiger partial charge in [0, 0.05) is 12.1 Å². The lowest BCUT2D eigenvalue weighted by molar-refractivity contribution is 0.230. The molecule has 0 spiro atoms. The molecule has 0 rings (SSSR count). The standard InChI is InChI=1S/C14H30FN/c1-6-8-9-12(7-2)10-13(15)11-16-14(3,4)5/h12-13,16H,6-11H2,1-5H3. The van der Waals surface area contributed by atoms with Gasteiger partial charge in [-0.3, -0.25) is 0 Å². The molecular weight excluding hydrogens is 201 g/mol. The molecule has 98 valence electrons. The van der Waals surface area contributed by atoms with Crippen molar-refractivity contribution in [2.24, 2.45) is 5.92 Å². The second-order valence-corrected chi connectivity index (χ2v) is 5.88. The molecule has 1 N–H and O–H groups in total. The molecule has 0 aliphatic heterocycles. The Morgan fingerprint density at radius 2 is 1.81 bits per heavy atom. The minimum absolute atomic E-state index is 0.0233. The Labute approximate surface area is 101 Å². The molecule has 16 heavy (non-hydrogen) atoms. The zero-order chi connectivity index (χ0) is 12.6. The highest BCUT2D eigenvalue weighted by molar-refractivity contribution is 4.74. The first-order valence-electron chi connectivity index (χ1n) is 6.78. The molecular formula is C14H30FN. The van der Waals surface area contributed by atoms with Crippen LogP contribution in [-0.4, -0.2) is 18.3 Å².